The van der Waals surface area contributed by atoms with Crippen LogP contribution in [0.4, 0.5) is 0 Å². The molecule has 1 fully saturated rings. The molecule has 0 unspecified atom stereocenters. The molecule has 1 aliphatic rings. The van der Waals surface area contributed by atoms with Gasteiger partial charge < -0.3 is 14.0 Å². The highest BCUT2D eigenvalue weighted by Crippen LogP contribution is 2.37. The van der Waals surface area contributed by atoms with Gasteiger partial charge in [-0.2, -0.15) is 0 Å². The third-order valence-electron chi connectivity index (χ3n) is 5.97. The highest BCUT2D eigenvalue weighted by Gasteiger charge is 2.32. The number of nitrogens with zero attached hydrogens (tertiary/aromatic N) is 2. The maximum Gasteiger partial charge on any atom is 0.168 e. The van der Waals surface area contributed by atoms with Gasteiger partial charge in [-0.05, 0) is 43.9 Å². The van der Waals surface area contributed by atoms with Crippen molar-refractivity contribution in [2.45, 2.75) is 93.8 Å². The van der Waals surface area contributed by atoms with Gasteiger partial charge in [0.25, 0.3) is 0 Å². The highest BCUT2D eigenvalue weighted by molar-refractivity contribution is 7.99. The van der Waals surface area contributed by atoms with Crippen molar-refractivity contribution in [1.82, 2.24) is 9.55 Å². The summed E-state index contributed by atoms with van der Waals surface area (Å²) in [5.74, 6) is 0.909. The maximum absolute atomic E-state index is 6.45. The lowest BCUT2D eigenvalue weighted by atomic mass is 9.95. The fraction of sp³-hybridized carbons (Fsp3) is 0.640. The zero-order valence-electron chi connectivity index (χ0n) is 19.8. The normalized spacial score (nSPS) is 16.8. The SMILES string of the molecule is CCOC1(OCCc2nc(C(C)C)c(Sc3cc(Cl)cc(Cl)c3)n2C)CCCCCCC1. The summed E-state index contributed by atoms with van der Waals surface area (Å²) in [4.78, 5) is 6.00. The smallest absolute Gasteiger partial charge is 0.168 e. The van der Waals surface area contributed by atoms with E-state index in [2.05, 4.69) is 32.4 Å². The largest absolute Gasteiger partial charge is 0.350 e. The summed E-state index contributed by atoms with van der Waals surface area (Å²) in [5, 5.41) is 2.41. The van der Waals surface area contributed by atoms with Crippen LogP contribution in [-0.4, -0.2) is 28.6 Å². The lowest BCUT2D eigenvalue weighted by Gasteiger charge is -2.35. The molecular weight excluding hydrogens is 463 g/mol. The first-order valence-electron chi connectivity index (χ1n) is 11.8. The number of rotatable bonds is 9. The Labute approximate surface area is 207 Å². The molecule has 178 valence electrons. The number of hydrogen-bond donors (Lipinski definition) is 0. The first-order valence-corrected chi connectivity index (χ1v) is 13.4. The Morgan fingerprint density at radius 3 is 2.25 bits per heavy atom. The fourth-order valence-corrected chi connectivity index (χ4v) is 6.21. The van der Waals surface area contributed by atoms with E-state index in [1.165, 1.54) is 32.1 Å². The topological polar surface area (TPSA) is 36.3 Å². The van der Waals surface area contributed by atoms with Crippen molar-refractivity contribution in [2.24, 2.45) is 7.05 Å². The van der Waals surface area contributed by atoms with E-state index in [0.717, 1.165) is 40.7 Å². The van der Waals surface area contributed by atoms with E-state index in [9.17, 15) is 0 Å². The summed E-state index contributed by atoms with van der Waals surface area (Å²) in [6.45, 7) is 7.70. The molecule has 4 nitrogen and oxygen atoms in total. The zero-order valence-corrected chi connectivity index (χ0v) is 22.1. The van der Waals surface area contributed by atoms with Gasteiger partial charge in [0.05, 0.1) is 12.3 Å². The first kappa shape index (κ1) is 25.9. The Bertz CT molecular complexity index is 857. The second kappa shape index (κ2) is 12.1. The number of ether oxygens (including phenoxy) is 2. The molecule has 0 amide bonds. The van der Waals surface area contributed by atoms with Crippen molar-refractivity contribution in [2.75, 3.05) is 13.2 Å². The molecule has 1 aliphatic carbocycles. The van der Waals surface area contributed by atoms with Gasteiger partial charge in [0.2, 0.25) is 0 Å². The van der Waals surface area contributed by atoms with E-state index in [1.807, 2.05) is 12.1 Å². The molecule has 0 aliphatic heterocycles. The van der Waals surface area contributed by atoms with Crippen LogP contribution in [0, 0.1) is 0 Å². The molecule has 1 saturated carbocycles. The van der Waals surface area contributed by atoms with E-state index in [-0.39, 0.29) is 0 Å². The molecule has 0 N–H and O–H groups in total. The van der Waals surface area contributed by atoms with Crippen LogP contribution >= 0.6 is 35.0 Å². The van der Waals surface area contributed by atoms with E-state index < -0.39 is 5.79 Å². The summed E-state index contributed by atoms with van der Waals surface area (Å²) in [7, 11) is 2.08. The maximum atomic E-state index is 6.45. The second-order valence-electron chi connectivity index (χ2n) is 8.85. The lowest BCUT2D eigenvalue weighted by Crippen LogP contribution is -2.37. The molecule has 2 aromatic rings. The van der Waals surface area contributed by atoms with Gasteiger partial charge in [0.1, 0.15) is 10.9 Å². The van der Waals surface area contributed by atoms with Crippen LogP contribution in [0.5, 0.6) is 0 Å². The molecule has 7 heteroatoms. The average Bonchev–Trinajstić information content (AvgIpc) is 3.00. The number of imidazole rings is 1. The van der Waals surface area contributed by atoms with Crippen molar-refractivity contribution in [3.63, 3.8) is 0 Å². The van der Waals surface area contributed by atoms with Gasteiger partial charge in [-0.25, -0.2) is 4.98 Å². The zero-order chi connectivity index (χ0) is 23.1. The van der Waals surface area contributed by atoms with Crippen molar-refractivity contribution in [1.29, 1.82) is 0 Å². The Morgan fingerprint density at radius 2 is 1.66 bits per heavy atom. The third-order valence-corrected chi connectivity index (χ3v) is 7.56. The molecule has 3 rings (SSSR count). The summed E-state index contributed by atoms with van der Waals surface area (Å²) in [6, 6.07) is 5.64. The molecule has 0 radical (unpaired) electrons. The van der Waals surface area contributed by atoms with Gasteiger partial charge in [-0.15, -0.1) is 0 Å². The van der Waals surface area contributed by atoms with Gasteiger partial charge in [0.15, 0.2) is 5.79 Å². The highest BCUT2D eigenvalue weighted by atomic mass is 35.5. The molecule has 1 aromatic heterocycles. The quantitative estimate of drug-likeness (QED) is 0.327. The molecule has 0 saturated heterocycles. The molecule has 1 aromatic carbocycles. The van der Waals surface area contributed by atoms with Gasteiger partial charge in [0, 0.05) is 47.9 Å². The number of hydrogen-bond acceptors (Lipinski definition) is 4. The van der Waals surface area contributed by atoms with E-state index in [1.54, 1.807) is 17.8 Å². The van der Waals surface area contributed by atoms with Crippen molar-refractivity contribution in [3.8, 4) is 0 Å². The van der Waals surface area contributed by atoms with Crippen molar-refractivity contribution < 1.29 is 9.47 Å². The number of benzene rings is 1. The Balaban J connectivity index is 1.74. The molecular formula is C25H36Cl2N2O2S. The van der Waals surface area contributed by atoms with E-state index >= 15 is 0 Å². The minimum absolute atomic E-state index is 0.313. The first-order chi connectivity index (χ1) is 15.3. The van der Waals surface area contributed by atoms with Gasteiger partial charge in [-0.3, -0.25) is 0 Å². The Morgan fingerprint density at radius 1 is 1.03 bits per heavy atom. The second-order valence-corrected chi connectivity index (χ2v) is 10.8. The van der Waals surface area contributed by atoms with Crippen LogP contribution in [0.15, 0.2) is 28.1 Å². The Kier molecular flexibility index (Phi) is 9.81. The molecule has 0 spiro atoms. The van der Waals surface area contributed by atoms with Crippen LogP contribution < -0.4 is 0 Å². The van der Waals surface area contributed by atoms with E-state index in [4.69, 9.17) is 37.7 Å². The predicted molar refractivity (Wildman–Crippen MR) is 134 cm³/mol. The standard InChI is InChI=1S/C25H36Cl2N2O2S/c1-5-30-25(12-9-7-6-8-10-13-25)31-14-11-22-28-23(18(2)3)24(29(22)4)32-21-16-19(26)15-20(27)17-21/h15-18H,5-14H2,1-4H3. The van der Waals surface area contributed by atoms with Crippen LogP contribution in [0.2, 0.25) is 10.0 Å². The third kappa shape index (κ3) is 6.89. The summed E-state index contributed by atoms with van der Waals surface area (Å²) < 4.78 is 14.8. The minimum atomic E-state index is -0.434. The predicted octanol–water partition coefficient (Wildman–Crippen LogP) is 8.04. The summed E-state index contributed by atoms with van der Waals surface area (Å²) in [5.41, 5.74) is 1.09. The van der Waals surface area contributed by atoms with Gasteiger partial charge in [-0.1, -0.05) is 68.1 Å². The molecule has 0 atom stereocenters. The average molecular weight is 500 g/mol. The fourth-order valence-electron chi connectivity index (χ4n) is 4.34. The van der Waals surface area contributed by atoms with Crippen LogP contribution in [0.3, 0.4) is 0 Å². The minimum Gasteiger partial charge on any atom is -0.350 e. The summed E-state index contributed by atoms with van der Waals surface area (Å²) in [6.07, 6.45) is 8.91. The van der Waals surface area contributed by atoms with Crippen LogP contribution in [-0.2, 0) is 22.9 Å². The van der Waals surface area contributed by atoms with E-state index in [0.29, 0.717) is 29.2 Å². The number of aromatic nitrogens is 2. The molecule has 1 heterocycles. The monoisotopic (exact) mass is 498 g/mol. The summed E-state index contributed by atoms with van der Waals surface area (Å²) >= 11 is 14.1. The number of halogens is 2. The lowest BCUT2D eigenvalue weighted by molar-refractivity contribution is -0.245. The van der Waals surface area contributed by atoms with Crippen LogP contribution in [0.1, 0.15) is 83.2 Å². The molecule has 0 bridgehead atoms. The Hall–Kier alpha value is -0.720. The molecule has 32 heavy (non-hydrogen) atoms. The van der Waals surface area contributed by atoms with Crippen molar-refractivity contribution in [3.05, 3.63) is 39.8 Å². The van der Waals surface area contributed by atoms with Crippen LogP contribution in [0.25, 0.3) is 0 Å². The van der Waals surface area contributed by atoms with Gasteiger partial charge >= 0.3 is 0 Å². The van der Waals surface area contributed by atoms with Crippen molar-refractivity contribution >= 4 is 35.0 Å².